The van der Waals surface area contributed by atoms with Crippen LogP contribution in [0.5, 0.6) is 11.5 Å². The molecule has 12 heteroatoms. The Morgan fingerprint density at radius 2 is 1.52 bits per heavy atom. The van der Waals surface area contributed by atoms with Gasteiger partial charge in [-0.25, -0.2) is 17.2 Å². The van der Waals surface area contributed by atoms with Crippen molar-refractivity contribution in [1.82, 2.24) is 10.2 Å². The lowest BCUT2D eigenvalue weighted by Gasteiger charge is -2.33. The number of ether oxygens (including phenoxy) is 2. The molecule has 0 aliphatic carbocycles. The zero-order valence-electron chi connectivity index (χ0n) is 23.4. The fourth-order valence-electron chi connectivity index (χ4n) is 4.52. The Morgan fingerprint density at radius 3 is 2.14 bits per heavy atom. The normalized spacial score (nSPS) is 13.2. The molecule has 0 radical (unpaired) electrons. The van der Waals surface area contributed by atoms with Gasteiger partial charge < -0.3 is 19.7 Å². The summed E-state index contributed by atoms with van der Waals surface area (Å²) < 4.78 is 67.4. The molecule has 1 atom stereocenters. The zero-order chi connectivity index (χ0) is 30.3. The smallest absolute Gasteiger partial charge is 0.264 e. The van der Waals surface area contributed by atoms with E-state index in [0.717, 1.165) is 16.4 Å². The Balaban J connectivity index is 1.73. The number of benzene rings is 3. The lowest BCUT2D eigenvalue weighted by Crippen LogP contribution is -2.52. The van der Waals surface area contributed by atoms with Gasteiger partial charge in [0.2, 0.25) is 11.8 Å². The van der Waals surface area contributed by atoms with Gasteiger partial charge >= 0.3 is 0 Å². The molecule has 1 heterocycles. The molecule has 0 saturated heterocycles. The van der Waals surface area contributed by atoms with E-state index in [4.69, 9.17) is 9.47 Å². The first kappa shape index (κ1) is 30.8. The van der Waals surface area contributed by atoms with Crippen LogP contribution in [0, 0.1) is 11.6 Å². The van der Waals surface area contributed by atoms with Crippen molar-refractivity contribution in [3.05, 3.63) is 83.9 Å². The van der Waals surface area contributed by atoms with Crippen molar-refractivity contribution in [3.63, 3.8) is 0 Å². The Morgan fingerprint density at radius 1 is 0.905 bits per heavy atom. The fourth-order valence-corrected chi connectivity index (χ4v) is 5.95. The number of halogens is 2. The van der Waals surface area contributed by atoms with Crippen LogP contribution in [0.15, 0.2) is 71.6 Å². The topological polar surface area (TPSA) is 105 Å². The fraction of sp³-hybridized carbons (Fsp3) is 0.333. The second-order valence-corrected chi connectivity index (χ2v) is 11.5. The van der Waals surface area contributed by atoms with Gasteiger partial charge in [0.1, 0.15) is 37.4 Å². The van der Waals surface area contributed by atoms with E-state index in [1.807, 2.05) is 6.92 Å². The van der Waals surface area contributed by atoms with Gasteiger partial charge in [0, 0.05) is 19.2 Å². The molecule has 0 unspecified atom stereocenters. The summed E-state index contributed by atoms with van der Waals surface area (Å²) in [5.41, 5.74) is 0.597. The van der Waals surface area contributed by atoms with Crippen LogP contribution in [0.25, 0.3) is 0 Å². The minimum absolute atomic E-state index is 0.0462. The van der Waals surface area contributed by atoms with E-state index < -0.39 is 46.1 Å². The van der Waals surface area contributed by atoms with E-state index in [0.29, 0.717) is 30.9 Å². The molecular weight excluding hydrogens is 568 g/mol. The van der Waals surface area contributed by atoms with Gasteiger partial charge in [-0.2, -0.15) is 0 Å². The molecule has 1 N–H and O–H groups in total. The van der Waals surface area contributed by atoms with E-state index in [1.165, 1.54) is 59.5 Å². The Labute approximate surface area is 244 Å². The third-order valence-electron chi connectivity index (χ3n) is 6.70. The van der Waals surface area contributed by atoms with Crippen LogP contribution in [0.1, 0.15) is 32.3 Å². The highest BCUT2D eigenvalue weighted by Crippen LogP contribution is 2.34. The van der Waals surface area contributed by atoms with Crippen molar-refractivity contribution in [1.29, 1.82) is 0 Å². The van der Waals surface area contributed by atoms with Crippen molar-refractivity contribution in [2.45, 2.75) is 44.2 Å². The molecule has 1 aliphatic rings. The molecular formula is C30H33F2N3O6S. The molecule has 42 heavy (non-hydrogen) atoms. The first-order chi connectivity index (χ1) is 20.1. The summed E-state index contributed by atoms with van der Waals surface area (Å²) in [6.07, 6.45) is 0.925. The summed E-state index contributed by atoms with van der Waals surface area (Å²) in [6.45, 7) is 3.83. The molecule has 0 bridgehead atoms. The van der Waals surface area contributed by atoms with Gasteiger partial charge in [0.05, 0.1) is 10.6 Å². The molecule has 3 aromatic rings. The minimum atomic E-state index is -4.40. The van der Waals surface area contributed by atoms with Gasteiger partial charge in [-0.3, -0.25) is 13.9 Å². The average molecular weight is 602 g/mol. The molecule has 9 nitrogen and oxygen atoms in total. The first-order valence-corrected chi connectivity index (χ1v) is 15.1. The SMILES string of the molecule is CCCNC(=O)[C@H](CC)N(Cc1ccc(F)cc1)C(=O)CN(c1ccc(F)cc1)S(=O)(=O)c1ccc2c(c1)OCCO2. The van der Waals surface area contributed by atoms with Crippen molar-refractivity contribution in [2.24, 2.45) is 0 Å². The zero-order valence-corrected chi connectivity index (χ0v) is 24.2. The lowest BCUT2D eigenvalue weighted by molar-refractivity contribution is -0.140. The molecule has 0 spiro atoms. The molecule has 2 amide bonds. The van der Waals surface area contributed by atoms with E-state index in [-0.39, 0.29) is 35.9 Å². The second kappa shape index (κ2) is 13.6. The predicted molar refractivity (Wildman–Crippen MR) is 153 cm³/mol. The number of amides is 2. The van der Waals surface area contributed by atoms with Crippen molar-refractivity contribution in [2.75, 3.05) is 30.6 Å². The Kier molecular flexibility index (Phi) is 10.00. The average Bonchev–Trinajstić information content (AvgIpc) is 2.99. The Hall–Kier alpha value is -4.19. The van der Waals surface area contributed by atoms with Crippen LogP contribution in [0.2, 0.25) is 0 Å². The standard InChI is InChI=1S/C30H33F2N3O6S/c1-3-15-33-30(37)26(4-2)34(19-21-5-7-22(31)8-6-21)29(36)20-35(24-11-9-23(32)10-12-24)42(38,39)25-13-14-27-28(18-25)41-17-16-40-27/h5-14,18,26H,3-4,15-17,19-20H2,1-2H3,(H,33,37)/t26-/m0/s1. The van der Waals surface area contributed by atoms with Crippen LogP contribution in [-0.4, -0.2) is 57.5 Å². The molecule has 224 valence electrons. The molecule has 3 aromatic carbocycles. The maximum atomic E-state index is 14.0. The number of rotatable bonds is 12. The summed E-state index contributed by atoms with van der Waals surface area (Å²) in [5, 5.41) is 2.80. The number of nitrogens with zero attached hydrogens (tertiary/aromatic N) is 2. The Bertz CT molecular complexity index is 1500. The first-order valence-electron chi connectivity index (χ1n) is 13.6. The van der Waals surface area contributed by atoms with Crippen LogP contribution in [-0.2, 0) is 26.2 Å². The monoisotopic (exact) mass is 601 g/mol. The van der Waals surface area contributed by atoms with Crippen molar-refractivity contribution >= 4 is 27.5 Å². The summed E-state index contributed by atoms with van der Waals surface area (Å²) in [7, 11) is -4.40. The third kappa shape index (κ3) is 7.17. The number of nitrogens with one attached hydrogen (secondary N) is 1. The van der Waals surface area contributed by atoms with Gasteiger partial charge in [-0.05, 0) is 66.9 Å². The summed E-state index contributed by atoms with van der Waals surface area (Å²) in [6, 6.07) is 13.4. The van der Waals surface area contributed by atoms with Crippen LogP contribution in [0.3, 0.4) is 0 Å². The van der Waals surface area contributed by atoms with E-state index in [2.05, 4.69) is 5.32 Å². The van der Waals surface area contributed by atoms with E-state index in [9.17, 15) is 26.8 Å². The van der Waals surface area contributed by atoms with Crippen LogP contribution >= 0.6 is 0 Å². The molecule has 0 saturated carbocycles. The number of carbonyl (C=O) groups is 2. The molecule has 1 aliphatic heterocycles. The lowest BCUT2D eigenvalue weighted by atomic mass is 10.1. The second-order valence-electron chi connectivity index (χ2n) is 9.66. The maximum absolute atomic E-state index is 14.0. The predicted octanol–water partition coefficient (Wildman–Crippen LogP) is 4.26. The van der Waals surface area contributed by atoms with Crippen LogP contribution in [0.4, 0.5) is 14.5 Å². The highest BCUT2D eigenvalue weighted by molar-refractivity contribution is 7.92. The largest absolute Gasteiger partial charge is 0.486 e. The number of hydrogen-bond acceptors (Lipinski definition) is 6. The van der Waals surface area contributed by atoms with E-state index in [1.54, 1.807) is 6.92 Å². The maximum Gasteiger partial charge on any atom is 0.264 e. The number of anilines is 1. The van der Waals surface area contributed by atoms with Gasteiger partial charge in [0.25, 0.3) is 10.0 Å². The van der Waals surface area contributed by atoms with Crippen molar-refractivity contribution < 1.29 is 36.3 Å². The highest BCUT2D eigenvalue weighted by Gasteiger charge is 2.34. The van der Waals surface area contributed by atoms with Crippen molar-refractivity contribution in [3.8, 4) is 11.5 Å². The summed E-state index contributed by atoms with van der Waals surface area (Å²) >= 11 is 0. The van der Waals surface area contributed by atoms with E-state index >= 15 is 0 Å². The molecule has 0 aromatic heterocycles. The minimum Gasteiger partial charge on any atom is -0.486 e. The highest BCUT2D eigenvalue weighted by atomic mass is 32.2. The molecule has 4 rings (SSSR count). The number of fused-ring (bicyclic) bond motifs is 1. The molecule has 0 fully saturated rings. The summed E-state index contributed by atoms with van der Waals surface area (Å²) in [5.74, 6) is -1.49. The van der Waals surface area contributed by atoms with Gasteiger partial charge in [-0.15, -0.1) is 0 Å². The third-order valence-corrected chi connectivity index (χ3v) is 8.47. The van der Waals surface area contributed by atoms with Gasteiger partial charge in [-0.1, -0.05) is 26.0 Å². The number of sulfonamides is 1. The van der Waals surface area contributed by atoms with Crippen LogP contribution < -0.4 is 19.1 Å². The quantitative estimate of drug-likeness (QED) is 0.333. The summed E-state index contributed by atoms with van der Waals surface area (Å²) in [4.78, 5) is 28.2. The number of carbonyl (C=O) groups excluding carboxylic acids is 2. The van der Waals surface area contributed by atoms with Gasteiger partial charge in [0.15, 0.2) is 11.5 Å². The number of hydrogen-bond donors (Lipinski definition) is 1.